The van der Waals surface area contributed by atoms with Gasteiger partial charge in [0.1, 0.15) is 17.2 Å². The van der Waals surface area contributed by atoms with E-state index in [1.54, 1.807) is 41.5 Å². The summed E-state index contributed by atoms with van der Waals surface area (Å²) in [5.41, 5.74) is -1.24. The van der Waals surface area contributed by atoms with Crippen LogP contribution in [0.2, 0.25) is 0 Å². The minimum atomic E-state index is -0.836. The highest BCUT2D eigenvalue weighted by Crippen LogP contribution is 2.09. The van der Waals surface area contributed by atoms with Crippen LogP contribution in [0.25, 0.3) is 0 Å². The van der Waals surface area contributed by atoms with Crippen molar-refractivity contribution in [2.75, 3.05) is 13.2 Å². The van der Waals surface area contributed by atoms with Crippen LogP contribution in [0.1, 0.15) is 67.7 Å². The Bertz CT molecular complexity index is 465. The Kier molecular flexibility index (Phi) is 10.0. The molecule has 0 aliphatic rings. The molecule has 0 aromatic rings. The van der Waals surface area contributed by atoms with Crippen LogP contribution in [0.4, 0.5) is 9.59 Å². The summed E-state index contributed by atoms with van der Waals surface area (Å²) in [7, 11) is 0. The summed E-state index contributed by atoms with van der Waals surface area (Å²) in [6, 6.07) is -0.836. The highest BCUT2D eigenvalue weighted by Gasteiger charge is 2.25. The zero-order chi connectivity index (χ0) is 20.4. The van der Waals surface area contributed by atoms with Crippen molar-refractivity contribution in [2.24, 2.45) is 0 Å². The lowest BCUT2D eigenvalue weighted by Gasteiger charge is -2.23. The molecule has 1 unspecified atom stereocenters. The topological polar surface area (TPSA) is 103 Å². The smallest absolute Gasteiger partial charge is 0.408 e. The lowest BCUT2D eigenvalue weighted by atomic mass is 10.1. The Hall–Kier alpha value is -1.99. The first-order valence-corrected chi connectivity index (χ1v) is 8.97. The van der Waals surface area contributed by atoms with Crippen molar-refractivity contribution < 1.29 is 28.6 Å². The molecular weight excluding hydrogens is 340 g/mol. The van der Waals surface area contributed by atoms with Gasteiger partial charge in [0.2, 0.25) is 0 Å². The number of alkyl carbamates (subject to hydrolysis) is 2. The molecule has 0 fully saturated rings. The summed E-state index contributed by atoms with van der Waals surface area (Å²) in [6.07, 6.45) is 0.239. The predicted molar refractivity (Wildman–Crippen MR) is 97.9 cm³/mol. The number of hydrogen-bond donors (Lipinski definition) is 2. The van der Waals surface area contributed by atoms with Crippen LogP contribution in [0, 0.1) is 0 Å². The predicted octanol–water partition coefficient (Wildman–Crippen LogP) is 3.14. The van der Waals surface area contributed by atoms with Gasteiger partial charge >= 0.3 is 18.2 Å². The van der Waals surface area contributed by atoms with Gasteiger partial charge in [-0.05, 0) is 60.8 Å². The monoisotopic (exact) mass is 374 g/mol. The summed E-state index contributed by atoms with van der Waals surface area (Å²) in [5, 5.41) is 5.14. The van der Waals surface area contributed by atoms with Crippen LogP contribution < -0.4 is 10.6 Å². The van der Waals surface area contributed by atoms with E-state index in [2.05, 4.69) is 10.6 Å². The summed E-state index contributed by atoms with van der Waals surface area (Å²) < 4.78 is 15.4. The molecule has 0 aromatic heterocycles. The first kappa shape index (κ1) is 24.0. The van der Waals surface area contributed by atoms with Crippen molar-refractivity contribution in [3.63, 3.8) is 0 Å². The zero-order valence-electron chi connectivity index (χ0n) is 17.1. The van der Waals surface area contributed by atoms with E-state index in [0.29, 0.717) is 25.8 Å². The SMILES string of the molecule is CCCOC(=O)C(CCCNC(=O)OC(C)(C)C)NC(=O)OC(C)(C)C. The molecule has 0 saturated heterocycles. The van der Waals surface area contributed by atoms with E-state index in [1.165, 1.54) is 0 Å². The fourth-order valence-corrected chi connectivity index (χ4v) is 1.81. The molecule has 0 aliphatic heterocycles. The summed E-state index contributed by atoms with van der Waals surface area (Å²) in [6.45, 7) is 13.0. The number of rotatable bonds is 8. The van der Waals surface area contributed by atoms with Crippen molar-refractivity contribution in [1.82, 2.24) is 10.6 Å². The zero-order valence-corrected chi connectivity index (χ0v) is 17.1. The normalized spacial score (nSPS) is 12.7. The third-order valence-corrected chi connectivity index (χ3v) is 2.76. The van der Waals surface area contributed by atoms with Crippen LogP contribution >= 0.6 is 0 Å². The van der Waals surface area contributed by atoms with Crippen LogP contribution in [-0.2, 0) is 19.0 Å². The number of amides is 2. The molecule has 26 heavy (non-hydrogen) atoms. The van der Waals surface area contributed by atoms with Crippen LogP contribution in [0.3, 0.4) is 0 Å². The maximum Gasteiger partial charge on any atom is 0.408 e. The van der Waals surface area contributed by atoms with E-state index < -0.39 is 35.4 Å². The van der Waals surface area contributed by atoms with Gasteiger partial charge in [-0.1, -0.05) is 6.92 Å². The molecular formula is C18H34N2O6. The van der Waals surface area contributed by atoms with E-state index in [9.17, 15) is 14.4 Å². The number of esters is 1. The third-order valence-electron chi connectivity index (χ3n) is 2.76. The molecule has 2 N–H and O–H groups in total. The van der Waals surface area contributed by atoms with Gasteiger partial charge in [0.25, 0.3) is 0 Å². The molecule has 152 valence electrons. The van der Waals surface area contributed by atoms with E-state index in [4.69, 9.17) is 14.2 Å². The number of carbonyl (C=O) groups excluding carboxylic acids is 3. The standard InChI is InChI=1S/C18H34N2O6/c1-8-12-24-14(21)13(20-16(23)26-18(5,6)7)10-9-11-19-15(22)25-17(2,3)4/h13H,8-12H2,1-7H3,(H,19,22)(H,20,23). The van der Waals surface area contributed by atoms with Crippen molar-refractivity contribution in [3.8, 4) is 0 Å². The molecule has 0 rings (SSSR count). The fraction of sp³-hybridized carbons (Fsp3) is 0.833. The quantitative estimate of drug-likeness (QED) is 0.384. The van der Waals surface area contributed by atoms with Gasteiger partial charge < -0.3 is 24.8 Å². The summed E-state index contributed by atoms with van der Waals surface area (Å²) in [5.74, 6) is -0.519. The van der Waals surface area contributed by atoms with Gasteiger partial charge in [-0.15, -0.1) is 0 Å². The van der Waals surface area contributed by atoms with Crippen molar-refractivity contribution in [2.45, 2.75) is 85.0 Å². The Morgan fingerprint density at radius 3 is 1.96 bits per heavy atom. The third kappa shape index (κ3) is 13.3. The lowest BCUT2D eigenvalue weighted by molar-refractivity contribution is -0.146. The second kappa shape index (κ2) is 10.9. The number of hydrogen-bond acceptors (Lipinski definition) is 6. The molecule has 0 radical (unpaired) electrons. The number of carbonyl (C=O) groups is 3. The molecule has 0 aliphatic carbocycles. The highest BCUT2D eigenvalue weighted by molar-refractivity contribution is 5.81. The van der Waals surface area contributed by atoms with Gasteiger partial charge in [-0.3, -0.25) is 0 Å². The van der Waals surface area contributed by atoms with Crippen LogP contribution in [0.5, 0.6) is 0 Å². The number of nitrogens with one attached hydrogen (secondary N) is 2. The van der Waals surface area contributed by atoms with Crippen molar-refractivity contribution in [3.05, 3.63) is 0 Å². The molecule has 2 amide bonds. The molecule has 0 saturated carbocycles. The van der Waals surface area contributed by atoms with E-state index in [1.807, 2.05) is 6.92 Å². The highest BCUT2D eigenvalue weighted by atomic mass is 16.6. The molecule has 8 nitrogen and oxygen atoms in total. The molecule has 0 bridgehead atoms. The van der Waals surface area contributed by atoms with E-state index in [0.717, 1.165) is 0 Å². The van der Waals surface area contributed by atoms with Gasteiger partial charge in [-0.25, -0.2) is 14.4 Å². The van der Waals surface area contributed by atoms with Crippen LogP contribution in [0.15, 0.2) is 0 Å². The molecule has 0 spiro atoms. The Morgan fingerprint density at radius 1 is 0.923 bits per heavy atom. The minimum absolute atomic E-state index is 0.279. The van der Waals surface area contributed by atoms with Crippen molar-refractivity contribution >= 4 is 18.2 Å². The maximum absolute atomic E-state index is 12.1. The second-order valence-electron chi connectivity index (χ2n) is 7.94. The Morgan fingerprint density at radius 2 is 1.46 bits per heavy atom. The van der Waals surface area contributed by atoms with Gasteiger partial charge in [-0.2, -0.15) is 0 Å². The minimum Gasteiger partial charge on any atom is -0.464 e. The summed E-state index contributed by atoms with van der Waals surface area (Å²) in [4.78, 5) is 35.6. The van der Waals surface area contributed by atoms with Gasteiger partial charge in [0.15, 0.2) is 0 Å². The average molecular weight is 374 g/mol. The Labute approximate surface area is 156 Å². The average Bonchev–Trinajstić information content (AvgIpc) is 2.44. The molecule has 1 atom stereocenters. The molecule has 0 aromatic carbocycles. The van der Waals surface area contributed by atoms with Crippen molar-refractivity contribution in [1.29, 1.82) is 0 Å². The largest absolute Gasteiger partial charge is 0.464 e. The lowest BCUT2D eigenvalue weighted by Crippen LogP contribution is -2.44. The molecule has 8 heteroatoms. The first-order valence-electron chi connectivity index (χ1n) is 8.97. The van der Waals surface area contributed by atoms with E-state index >= 15 is 0 Å². The Balaban J connectivity index is 4.51. The summed E-state index contributed by atoms with van der Waals surface area (Å²) >= 11 is 0. The first-order chi connectivity index (χ1) is 11.8. The maximum atomic E-state index is 12.1. The van der Waals surface area contributed by atoms with E-state index in [-0.39, 0.29) is 6.61 Å². The second-order valence-corrected chi connectivity index (χ2v) is 7.94. The van der Waals surface area contributed by atoms with Gasteiger partial charge in [0, 0.05) is 6.54 Å². The van der Waals surface area contributed by atoms with Gasteiger partial charge in [0.05, 0.1) is 6.61 Å². The fourth-order valence-electron chi connectivity index (χ4n) is 1.81. The molecule has 0 heterocycles. The van der Waals surface area contributed by atoms with Crippen LogP contribution in [-0.4, -0.2) is 48.6 Å². The number of ether oxygens (including phenoxy) is 3.